The van der Waals surface area contributed by atoms with Crippen LogP contribution in [0.5, 0.6) is 0 Å². The number of fused-ring (bicyclic) bond motifs is 1. The molecule has 0 atom stereocenters. The zero-order valence-corrected chi connectivity index (χ0v) is 11.3. The molecule has 0 unspecified atom stereocenters. The van der Waals surface area contributed by atoms with Crippen molar-refractivity contribution >= 4 is 26.7 Å². The zero-order chi connectivity index (χ0) is 12.3. The third-order valence-electron chi connectivity index (χ3n) is 2.82. The van der Waals surface area contributed by atoms with Crippen LogP contribution in [0.15, 0.2) is 18.2 Å². The molecule has 2 rings (SSSR count). The van der Waals surface area contributed by atoms with E-state index in [1.165, 1.54) is 23.1 Å². The molecular formula is C13H19N3S. The van der Waals surface area contributed by atoms with Crippen molar-refractivity contribution in [3.8, 4) is 0 Å². The summed E-state index contributed by atoms with van der Waals surface area (Å²) in [5.41, 5.74) is 8.04. The molecule has 0 amide bonds. The normalized spacial score (nSPS) is 11.5. The fraction of sp³-hybridized carbons (Fsp3) is 0.462. The van der Waals surface area contributed by atoms with Crippen LogP contribution in [-0.4, -0.2) is 23.5 Å². The Morgan fingerprint density at radius 3 is 3.00 bits per heavy atom. The van der Waals surface area contributed by atoms with Gasteiger partial charge in [-0.15, -0.1) is 0 Å². The molecule has 92 valence electrons. The van der Waals surface area contributed by atoms with Gasteiger partial charge in [0.25, 0.3) is 0 Å². The highest BCUT2D eigenvalue weighted by molar-refractivity contribution is 7.22. The number of rotatable bonds is 5. The molecule has 4 heteroatoms. The molecule has 17 heavy (non-hydrogen) atoms. The molecule has 1 aromatic carbocycles. The minimum absolute atomic E-state index is 0.650. The molecule has 2 aromatic rings. The first-order valence-electron chi connectivity index (χ1n) is 6.02. The van der Waals surface area contributed by atoms with Gasteiger partial charge in [-0.25, -0.2) is 4.98 Å². The van der Waals surface area contributed by atoms with Gasteiger partial charge in [-0.05, 0) is 37.7 Å². The summed E-state index contributed by atoms with van der Waals surface area (Å²) in [5.74, 6) is 0. The Labute approximate surface area is 106 Å². The van der Waals surface area contributed by atoms with Crippen molar-refractivity contribution in [2.45, 2.75) is 26.3 Å². The summed E-state index contributed by atoms with van der Waals surface area (Å²) >= 11 is 1.56. The monoisotopic (exact) mass is 249 g/mol. The number of hydrogen-bond acceptors (Lipinski definition) is 4. The number of hydrogen-bond donors (Lipinski definition) is 1. The maximum Gasteiger partial charge on any atom is 0.181 e. The molecule has 0 aliphatic carbocycles. The summed E-state index contributed by atoms with van der Waals surface area (Å²) < 4.78 is 1.18. The largest absolute Gasteiger partial charge is 0.375 e. The molecule has 0 aliphatic heterocycles. The fourth-order valence-corrected chi connectivity index (χ4v) is 2.70. The topological polar surface area (TPSA) is 42.2 Å². The molecular weight excluding hydrogens is 230 g/mol. The quantitative estimate of drug-likeness (QED) is 0.885. The molecule has 0 saturated heterocycles. The van der Waals surface area contributed by atoms with E-state index in [1.807, 2.05) is 0 Å². The number of nitrogens with zero attached hydrogens (tertiary/aromatic N) is 2. The molecule has 0 saturated carbocycles. The first-order chi connectivity index (χ1) is 8.19. The molecule has 3 nitrogen and oxygen atoms in total. The summed E-state index contributed by atoms with van der Waals surface area (Å²) in [6.45, 7) is 4.37. The van der Waals surface area contributed by atoms with Crippen LogP contribution in [0, 0.1) is 0 Å². The molecule has 1 heterocycles. The van der Waals surface area contributed by atoms with Crippen LogP contribution in [0.4, 0.5) is 5.13 Å². The smallest absolute Gasteiger partial charge is 0.181 e. The number of thiazole rings is 1. The number of anilines is 1. The Bertz CT molecular complexity index is 492. The Morgan fingerprint density at radius 1 is 1.41 bits per heavy atom. The lowest BCUT2D eigenvalue weighted by atomic mass is 10.2. The van der Waals surface area contributed by atoms with Crippen LogP contribution in [0.25, 0.3) is 10.2 Å². The number of unbranched alkanes of at least 4 members (excludes halogenated alkanes) is 1. The van der Waals surface area contributed by atoms with Crippen LogP contribution < -0.4 is 5.73 Å². The maximum atomic E-state index is 5.70. The van der Waals surface area contributed by atoms with E-state index in [2.05, 4.69) is 42.1 Å². The second-order valence-corrected chi connectivity index (χ2v) is 5.51. The van der Waals surface area contributed by atoms with Crippen molar-refractivity contribution in [1.29, 1.82) is 0 Å². The summed E-state index contributed by atoms with van der Waals surface area (Å²) in [5, 5.41) is 0.650. The van der Waals surface area contributed by atoms with E-state index < -0.39 is 0 Å². The van der Waals surface area contributed by atoms with Crippen LogP contribution in [0.1, 0.15) is 25.3 Å². The Balaban J connectivity index is 2.08. The average molecular weight is 249 g/mol. The molecule has 0 fully saturated rings. The Hall–Kier alpha value is -1.13. The SMILES string of the molecule is CCCCN(C)Cc1ccc2nc(N)sc2c1. The van der Waals surface area contributed by atoms with Gasteiger partial charge < -0.3 is 10.6 Å². The fourth-order valence-electron chi connectivity index (χ4n) is 1.90. The summed E-state index contributed by atoms with van der Waals surface area (Å²) in [6, 6.07) is 6.40. The van der Waals surface area contributed by atoms with Gasteiger partial charge in [0, 0.05) is 6.54 Å². The van der Waals surface area contributed by atoms with Crippen molar-refractivity contribution < 1.29 is 0 Å². The molecule has 0 bridgehead atoms. The van der Waals surface area contributed by atoms with Crippen LogP contribution >= 0.6 is 11.3 Å². The lowest BCUT2D eigenvalue weighted by Crippen LogP contribution is -2.18. The van der Waals surface area contributed by atoms with E-state index >= 15 is 0 Å². The molecule has 2 N–H and O–H groups in total. The van der Waals surface area contributed by atoms with Crippen molar-refractivity contribution in [1.82, 2.24) is 9.88 Å². The summed E-state index contributed by atoms with van der Waals surface area (Å²) in [6.07, 6.45) is 2.50. The minimum Gasteiger partial charge on any atom is -0.375 e. The standard InChI is InChI=1S/C13H19N3S/c1-3-4-7-16(2)9-10-5-6-11-12(8-10)17-13(14)15-11/h5-6,8H,3-4,7,9H2,1-2H3,(H2,14,15). The minimum atomic E-state index is 0.650. The van der Waals surface area contributed by atoms with Crippen molar-refractivity contribution in [2.24, 2.45) is 0 Å². The van der Waals surface area contributed by atoms with Gasteiger partial charge in [-0.1, -0.05) is 30.7 Å². The first kappa shape index (κ1) is 12.3. The molecule has 0 spiro atoms. The van der Waals surface area contributed by atoms with Crippen molar-refractivity contribution in [3.05, 3.63) is 23.8 Å². The predicted molar refractivity (Wildman–Crippen MR) is 75.3 cm³/mol. The van der Waals surface area contributed by atoms with Gasteiger partial charge in [0.05, 0.1) is 10.2 Å². The highest BCUT2D eigenvalue weighted by Gasteiger charge is 2.04. The van der Waals surface area contributed by atoms with E-state index in [4.69, 9.17) is 5.73 Å². The van der Waals surface area contributed by atoms with E-state index in [0.29, 0.717) is 5.13 Å². The average Bonchev–Trinajstić information content (AvgIpc) is 2.65. The van der Waals surface area contributed by atoms with Crippen LogP contribution in [0.2, 0.25) is 0 Å². The third kappa shape index (κ3) is 3.17. The van der Waals surface area contributed by atoms with Gasteiger partial charge in [0.2, 0.25) is 0 Å². The van der Waals surface area contributed by atoms with Gasteiger partial charge in [-0.2, -0.15) is 0 Å². The number of benzene rings is 1. The number of aromatic nitrogens is 1. The summed E-state index contributed by atoms with van der Waals surface area (Å²) in [4.78, 5) is 6.62. The zero-order valence-electron chi connectivity index (χ0n) is 10.4. The number of nitrogen functional groups attached to an aromatic ring is 1. The third-order valence-corrected chi connectivity index (χ3v) is 3.66. The molecule has 0 aliphatic rings. The van der Waals surface area contributed by atoms with Gasteiger partial charge in [-0.3, -0.25) is 0 Å². The highest BCUT2D eigenvalue weighted by Crippen LogP contribution is 2.24. The van der Waals surface area contributed by atoms with Crippen LogP contribution in [-0.2, 0) is 6.54 Å². The van der Waals surface area contributed by atoms with E-state index in [9.17, 15) is 0 Å². The Kier molecular flexibility index (Phi) is 3.97. The summed E-state index contributed by atoms with van der Waals surface area (Å²) in [7, 11) is 2.17. The molecule has 0 radical (unpaired) electrons. The predicted octanol–water partition coefficient (Wildman–Crippen LogP) is 3.11. The lowest BCUT2D eigenvalue weighted by Gasteiger charge is -2.15. The highest BCUT2D eigenvalue weighted by atomic mass is 32.1. The van der Waals surface area contributed by atoms with Gasteiger partial charge in [0.15, 0.2) is 5.13 Å². The lowest BCUT2D eigenvalue weighted by molar-refractivity contribution is 0.321. The Morgan fingerprint density at radius 2 is 2.24 bits per heavy atom. The van der Waals surface area contributed by atoms with E-state index in [0.717, 1.165) is 18.6 Å². The maximum absolute atomic E-state index is 5.70. The van der Waals surface area contributed by atoms with Crippen LogP contribution in [0.3, 0.4) is 0 Å². The first-order valence-corrected chi connectivity index (χ1v) is 6.84. The number of nitrogens with two attached hydrogens (primary N) is 1. The molecule has 1 aromatic heterocycles. The van der Waals surface area contributed by atoms with Crippen molar-refractivity contribution in [2.75, 3.05) is 19.3 Å². The van der Waals surface area contributed by atoms with Gasteiger partial charge in [0.1, 0.15) is 0 Å². The second kappa shape index (κ2) is 5.47. The second-order valence-electron chi connectivity index (χ2n) is 4.45. The van der Waals surface area contributed by atoms with E-state index in [-0.39, 0.29) is 0 Å². The van der Waals surface area contributed by atoms with Gasteiger partial charge >= 0.3 is 0 Å². The van der Waals surface area contributed by atoms with E-state index in [1.54, 1.807) is 11.3 Å². The van der Waals surface area contributed by atoms with Crippen molar-refractivity contribution in [3.63, 3.8) is 0 Å².